The molecule has 0 aliphatic carbocycles. The second kappa shape index (κ2) is 14.2. The zero-order valence-corrected chi connectivity index (χ0v) is 26.5. The Balaban J connectivity index is 1.86. The number of imidazole rings is 1. The van der Waals surface area contributed by atoms with Gasteiger partial charge in [-0.3, -0.25) is 9.98 Å². The van der Waals surface area contributed by atoms with Gasteiger partial charge in [0.2, 0.25) is 0 Å². The van der Waals surface area contributed by atoms with Gasteiger partial charge < -0.3 is 35.5 Å². The lowest BCUT2D eigenvalue weighted by Crippen LogP contribution is -2.23. The van der Waals surface area contributed by atoms with Crippen molar-refractivity contribution in [2.45, 2.75) is 65.5 Å². The number of carbonyl (C=O) groups excluding carboxylic acids is 1. The first-order chi connectivity index (χ1) is 21.8. The van der Waals surface area contributed by atoms with Gasteiger partial charge in [-0.1, -0.05) is 6.07 Å². The molecule has 2 aromatic heterocycles. The van der Waals surface area contributed by atoms with E-state index in [1.807, 2.05) is 0 Å². The maximum atomic E-state index is 12.8. The van der Waals surface area contributed by atoms with Crippen molar-refractivity contribution in [1.29, 1.82) is 5.41 Å². The summed E-state index contributed by atoms with van der Waals surface area (Å²) in [6.45, 7) is 9.54. The molecule has 0 saturated heterocycles. The highest BCUT2D eigenvalue weighted by Gasteiger charge is 2.28. The Kier molecular flexibility index (Phi) is 10.4. The van der Waals surface area contributed by atoms with Gasteiger partial charge in [0.25, 0.3) is 5.88 Å². The summed E-state index contributed by atoms with van der Waals surface area (Å²) in [5.41, 5.74) is 11.6. The van der Waals surface area contributed by atoms with E-state index in [0.717, 1.165) is 0 Å². The number of aromatic nitrogens is 4. The number of carbonyl (C=O) groups is 2. The first-order valence-electron chi connectivity index (χ1n) is 14.8. The minimum Gasteiger partial charge on any atom is -0.490 e. The standard InChI is InChI=1S/C32H39N7O7/c1-6-43-23-14-13-19(26(34)35)17-24(23)45-31-37-27-25(36-18(2)39(27)22(29(40)41)12-7-8-15-33)28(38-31)44-21-11-9-10-20(16-21)30(42)46-32(3,4)5/h9-11,13-14,16-17,22H,6-8,12,15,33H2,1-5H3,(H3,34,35)(H,40,41). The van der Waals surface area contributed by atoms with Gasteiger partial charge in [-0.15, -0.1) is 0 Å². The van der Waals surface area contributed by atoms with E-state index in [2.05, 4.69) is 15.0 Å². The minimum atomic E-state index is -1.07. The number of unbranched alkanes of at least 4 members (excludes halogenated alkanes) is 1. The number of rotatable bonds is 14. The summed E-state index contributed by atoms with van der Waals surface area (Å²) in [6, 6.07) is 9.89. The summed E-state index contributed by atoms with van der Waals surface area (Å²) in [5.74, 6) is -0.712. The summed E-state index contributed by atoms with van der Waals surface area (Å²) in [7, 11) is 0. The van der Waals surface area contributed by atoms with E-state index in [4.69, 9.17) is 35.8 Å². The molecule has 0 aliphatic rings. The Morgan fingerprint density at radius 2 is 1.78 bits per heavy atom. The predicted octanol–water partition coefficient (Wildman–Crippen LogP) is 5.11. The molecule has 14 heteroatoms. The summed E-state index contributed by atoms with van der Waals surface area (Å²) in [5, 5.41) is 18.1. The van der Waals surface area contributed by atoms with Crippen LogP contribution < -0.4 is 25.7 Å². The lowest BCUT2D eigenvalue weighted by molar-refractivity contribution is -0.141. The molecule has 4 aromatic rings. The van der Waals surface area contributed by atoms with Gasteiger partial charge in [-0.25, -0.2) is 14.6 Å². The number of esters is 1. The number of carboxylic acid groups (broad SMARTS) is 1. The fraction of sp³-hybridized carbons (Fsp3) is 0.375. The molecule has 2 aromatic carbocycles. The fourth-order valence-electron chi connectivity index (χ4n) is 4.64. The number of fused-ring (bicyclic) bond motifs is 1. The number of nitrogens with two attached hydrogens (primary N) is 2. The van der Waals surface area contributed by atoms with E-state index in [1.165, 1.54) is 16.7 Å². The Labute approximate surface area is 266 Å². The molecule has 4 rings (SSSR count). The number of benzene rings is 2. The van der Waals surface area contributed by atoms with Crippen LogP contribution in [0.4, 0.5) is 0 Å². The van der Waals surface area contributed by atoms with Crippen molar-refractivity contribution in [3.8, 4) is 29.1 Å². The maximum absolute atomic E-state index is 12.8. The van der Waals surface area contributed by atoms with Crippen LogP contribution in [0.2, 0.25) is 0 Å². The number of nitrogens with one attached hydrogen (secondary N) is 1. The predicted molar refractivity (Wildman–Crippen MR) is 170 cm³/mol. The number of nitrogen functional groups attached to an aromatic ring is 1. The molecular weight excluding hydrogens is 594 g/mol. The zero-order chi connectivity index (χ0) is 33.6. The van der Waals surface area contributed by atoms with Crippen LogP contribution in [0.5, 0.6) is 29.1 Å². The van der Waals surface area contributed by atoms with E-state index in [9.17, 15) is 14.7 Å². The number of ether oxygens (including phenoxy) is 4. The molecule has 2 heterocycles. The molecule has 0 fully saturated rings. The monoisotopic (exact) mass is 633 g/mol. The quantitative estimate of drug-likeness (QED) is 0.0617. The van der Waals surface area contributed by atoms with Crippen LogP contribution in [0.15, 0.2) is 42.5 Å². The third-order valence-corrected chi connectivity index (χ3v) is 6.63. The summed E-state index contributed by atoms with van der Waals surface area (Å²) < 4.78 is 25.0. The Hall–Kier alpha value is -5.24. The molecule has 6 N–H and O–H groups in total. The van der Waals surface area contributed by atoms with Crippen molar-refractivity contribution in [3.63, 3.8) is 0 Å². The van der Waals surface area contributed by atoms with Gasteiger partial charge in [-0.2, -0.15) is 9.97 Å². The second-order valence-electron chi connectivity index (χ2n) is 11.4. The molecule has 0 aliphatic heterocycles. The van der Waals surface area contributed by atoms with Crippen molar-refractivity contribution >= 4 is 28.9 Å². The minimum absolute atomic E-state index is 0.0463. The molecule has 46 heavy (non-hydrogen) atoms. The molecule has 0 radical (unpaired) electrons. The Morgan fingerprint density at radius 1 is 1.02 bits per heavy atom. The largest absolute Gasteiger partial charge is 0.490 e. The highest BCUT2D eigenvalue weighted by atomic mass is 16.6. The average molecular weight is 634 g/mol. The number of aryl methyl sites for hydroxylation is 1. The highest BCUT2D eigenvalue weighted by Crippen LogP contribution is 2.36. The van der Waals surface area contributed by atoms with Crippen LogP contribution in [0.1, 0.15) is 74.7 Å². The lowest BCUT2D eigenvalue weighted by Gasteiger charge is -2.19. The van der Waals surface area contributed by atoms with Crippen LogP contribution in [0.25, 0.3) is 11.2 Å². The number of hydrogen-bond donors (Lipinski definition) is 4. The normalized spacial score (nSPS) is 12.0. The Bertz CT molecular complexity index is 1750. The van der Waals surface area contributed by atoms with Gasteiger partial charge in [-0.05, 0) is 96.8 Å². The Morgan fingerprint density at radius 3 is 2.43 bits per heavy atom. The topological polar surface area (TPSA) is 211 Å². The van der Waals surface area contributed by atoms with E-state index < -0.39 is 23.6 Å². The highest BCUT2D eigenvalue weighted by molar-refractivity contribution is 5.95. The molecule has 1 unspecified atom stereocenters. The van der Waals surface area contributed by atoms with Crippen molar-refractivity contribution in [1.82, 2.24) is 19.5 Å². The van der Waals surface area contributed by atoms with Crippen LogP contribution in [0.3, 0.4) is 0 Å². The fourth-order valence-corrected chi connectivity index (χ4v) is 4.64. The van der Waals surface area contributed by atoms with Crippen molar-refractivity contribution in [3.05, 3.63) is 59.4 Å². The van der Waals surface area contributed by atoms with E-state index in [0.29, 0.717) is 43.1 Å². The third-order valence-electron chi connectivity index (χ3n) is 6.63. The molecule has 1 atom stereocenters. The van der Waals surface area contributed by atoms with E-state index >= 15 is 0 Å². The van der Waals surface area contributed by atoms with Crippen LogP contribution >= 0.6 is 0 Å². The molecule has 0 bridgehead atoms. The van der Waals surface area contributed by atoms with Gasteiger partial charge in [0.05, 0.1) is 12.2 Å². The maximum Gasteiger partial charge on any atom is 0.338 e. The third kappa shape index (κ3) is 8.07. The SMILES string of the molecule is CCOc1ccc(C(=N)N)cc1Oc1nc(Oc2cccc(C(=O)OC(C)(C)C)c2)c2nc(C)n(C(CCCCN)C(=O)O)c2n1. The summed E-state index contributed by atoms with van der Waals surface area (Å²) in [6.07, 6.45) is 1.49. The van der Waals surface area contributed by atoms with Gasteiger partial charge in [0.1, 0.15) is 29.1 Å². The van der Waals surface area contributed by atoms with E-state index in [-0.39, 0.29) is 52.4 Å². The summed E-state index contributed by atoms with van der Waals surface area (Å²) in [4.78, 5) is 38.9. The number of amidine groups is 1. The first kappa shape index (κ1) is 33.6. The van der Waals surface area contributed by atoms with Crippen LogP contribution in [-0.4, -0.2) is 61.2 Å². The number of nitrogens with zero attached hydrogens (tertiary/aromatic N) is 4. The van der Waals surface area contributed by atoms with Gasteiger partial charge in [0.15, 0.2) is 22.7 Å². The van der Waals surface area contributed by atoms with Crippen molar-refractivity contribution in [2.75, 3.05) is 13.2 Å². The van der Waals surface area contributed by atoms with Gasteiger partial charge in [0, 0.05) is 5.56 Å². The van der Waals surface area contributed by atoms with Crippen molar-refractivity contribution in [2.24, 2.45) is 11.5 Å². The molecule has 14 nitrogen and oxygen atoms in total. The van der Waals surface area contributed by atoms with Crippen molar-refractivity contribution < 1.29 is 33.6 Å². The van der Waals surface area contributed by atoms with Crippen LogP contribution in [0, 0.1) is 12.3 Å². The lowest BCUT2D eigenvalue weighted by atomic mass is 10.1. The average Bonchev–Trinajstić information content (AvgIpc) is 3.31. The van der Waals surface area contributed by atoms with Crippen LogP contribution in [-0.2, 0) is 9.53 Å². The van der Waals surface area contributed by atoms with E-state index in [1.54, 1.807) is 65.0 Å². The molecular formula is C32H39N7O7. The molecule has 0 spiro atoms. The number of carboxylic acids is 1. The molecule has 244 valence electrons. The number of aliphatic carboxylic acids is 1. The smallest absolute Gasteiger partial charge is 0.338 e. The zero-order valence-electron chi connectivity index (χ0n) is 26.5. The molecule has 0 saturated carbocycles. The number of hydrogen-bond acceptors (Lipinski definition) is 11. The molecule has 0 amide bonds. The summed E-state index contributed by atoms with van der Waals surface area (Å²) >= 11 is 0. The van der Waals surface area contributed by atoms with Gasteiger partial charge >= 0.3 is 17.9 Å². The second-order valence-corrected chi connectivity index (χ2v) is 11.4. The first-order valence-corrected chi connectivity index (χ1v) is 14.8.